The maximum Gasteiger partial charge on any atom is 0.101 e. The van der Waals surface area contributed by atoms with E-state index in [4.69, 9.17) is 5.73 Å². The van der Waals surface area contributed by atoms with Crippen LogP contribution in [0.25, 0.3) is 0 Å². The Hall–Kier alpha value is -1.53. The van der Waals surface area contributed by atoms with Gasteiger partial charge in [-0.15, -0.1) is 0 Å². The van der Waals surface area contributed by atoms with E-state index in [9.17, 15) is 5.26 Å². The van der Waals surface area contributed by atoms with E-state index in [1.165, 1.54) is 37.1 Å². The number of fused-ring (bicyclic) bond motifs is 4. The van der Waals surface area contributed by atoms with Crippen molar-refractivity contribution in [1.82, 2.24) is 4.90 Å². The molecule has 0 amide bonds. The van der Waals surface area contributed by atoms with Gasteiger partial charge in [0.25, 0.3) is 0 Å². The van der Waals surface area contributed by atoms with Crippen LogP contribution in [-0.4, -0.2) is 24.0 Å². The van der Waals surface area contributed by atoms with Gasteiger partial charge in [0.05, 0.1) is 11.3 Å². The molecule has 22 heavy (non-hydrogen) atoms. The highest BCUT2D eigenvalue weighted by atomic mass is 15.2. The maximum atomic E-state index is 9.30. The van der Waals surface area contributed by atoms with Crippen LogP contribution >= 0.6 is 0 Å². The predicted molar refractivity (Wildman–Crippen MR) is 88.5 cm³/mol. The third-order valence-electron chi connectivity index (χ3n) is 6.61. The first kappa shape index (κ1) is 14.1. The molecule has 1 aromatic rings. The molecular weight excluding hydrogens is 270 g/mol. The molecule has 2 aliphatic carbocycles. The normalized spacial score (nSPS) is 34.0. The number of anilines is 1. The Kier molecular flexibility index (Phi) is 3.03. The Morgan fingerprint density at radius 1 is 1.41 bits per heavy atom. The SMILES string of the molecule is CC1[C@@H]2Cc3ccc(C#N)c(N)c3[C@@]1(C)CCN2CC1CC1. The molecule has 3 heteroatoms. The summed E-state index contributed by atoms with van der Waals surface area (Å²) in [5.74, 6) is 1.55. The molecule has 3 aliphatic rings. The lowest BCUT2D eigenvalue weighted by Gasteiger charge is -2.55. The molecule has 2 fully saturated rings. The molecule has 1 saturated heterocycles. The van der Waals surface area contributed by atoms with Gasteiger partial charge in [0.2, 0.25) is 0 Å². The van der Waals surface area contributed by atoms with Crippen molar-refractivity contribution in [1.29, 1.82) is 5.26 Å². The van der Waals surface area contributed by atoms with E-state index in [2.05, 4.69) is 30.9 Å². The van der Waals surface area contributed by atoms with Crippen LogP contribution in [0.3, 0.4) is 0 Å². The van der Waals surface area contributed by atoms with E-state index in [0.29, 0.717) is 17.5 Å². The van der Waals surface area contributed by atoms with Gasteiger partial charge in [0.15, 0.2) is 0 Å². The Balaban J connectivity index is 1.77. The summed E-state index contributed by atoms with van der Waals surface area (Å²) in [6, 6.07) is 6.96. The fourth-order valence-corrected chi connectivity index (χ4v) is 4.86. The fourth-order valence-electron chi connectivity index (χ4n) is 4.86. The lowest BCUT2D eigenvalue weighted by molar-refractivity contribution is 0.0288. The zero-order chi connectivity index (χ0) is 15.5. The van der Waals surface area contributed by atoms with Crippen molar-refractivity contribution in [3.8, 4) is 6.07 Å². The number of nitrogens with zero attached hydrogens (tertiary/aromatic N) is 2. The quantitative estimate of drug-likeness (QED) is 0.853. The number of piperidine rings is 1. The Bertz CT molecular complexity index is 655. The van der Waals surface area contributed by atoms with Gasteiger partial charge in [-0.25, -0.2) is 0 Å². The van der Waals surface area contributed by atoms with E-state index in [1.54, 1.807) is 0 Å². The average Bonchev–Trinajstić information content (AvgIpc) is 3.30. The van der Waals surface area contributed by atoms with E-state index >= 15 is 0 Å². The largest absolute Gasteiger partial charge is 0.397 e. The lowest BCUT2D eigenvalue weighted by atomic mass is 9.58. The number of rotatable bonds is 2. The minimum atomic E-state index is 0.120. The second kappa shape index (κ2) is 4.73. The average molecular weight is 295 g/mol. The highest BCUT2D eigenvalue weighted by Gasteiger charge is 2.50. The summed E-state index contributed by atoms with van der Waals surface area (Å²) in [6.07, 6.45) is 5.09. The Morgan fingerprint density at radius 3 is 2.86 bits per heavy atom. The molecule has 1 unspecified atom stereocenters. The topological polar surface area (TPSA) is 53.1 Å². The van der Waals surface area contributed by atoms with Crippen molar-refractivity contribution in [2.75, 3.05) is 18.8 Å². The van der Waals surface area contributed by atoms with Crippen LogP contribution in [0.1, 0.15) is 49.8 Å². The molecule has 0 spiro atoms. The number of hydrogen-bond donors (Lipinski definition) is 1. The van der Waals surface area contributed by atoms with Gasteiger partial charge in [-0.05, 0) is 61.3 Å². The van der Waals surface area contributed by atoms with Gasteiger partial charge in [-0.2, -0.15) is 5.26 Å². The molecule has 0 radical (unpaired) electrons. The first-order valence-corrected chi connectivity index (χ1v) is 8.60. The van der Waals surface area contributed by atoms with Crippen molar-refractivity contribution in [3.05, 3.63) is 28.8 Å². The summed E-state index contributed by atoms with van der Waals surface area (Å²) in [7, 11) is 0. The Labute approximate surface area is 133 Å². The predicted octanol–water partition coefficient (Wildman–Crippen LogP) is 3.07. The zero-order valence-corrected chi connectivity index (χ0v) is 13.6. The summed E-state index contributed by atoms with van der Waals surface area (Å²) in [6.45, 7) is 7.23. The maximum absolute atomic E-state index is 9.30. The third-order valence-corrected chi connectivity index (χ3v) is 6.61. The van der Waals surface area contributed by atoms with Gasteiger partial charge in [0, 0.05) is 18.0 Å². The molecule has 1 saturated carbocycles. The van der Waals surface area contributed by atoms with Crippen LogP contribution in [0.15, 0.2) is 12.1 Å². The molecule has 0 aromatic heterocycles. The number of nitrogen functional groups attached to an aromatic ring is 1. The van der Waals surface area contributed by atoms with Gasteiger partial charge in [0.1, 0.15) is 6.07 Å². The van der Waals surface area contributed by atoms with Gasteiger partial charge in [-0.1, -0.05) is 19.9 Å². The van der Waals surface area contributed by atoms with E-state index in [0.717, 1.165) is 24.4 Å². The highest BCUT2D eigenvalue weighted by Crippen LogP contribution is 2.51. The van der Waals surface area contributed by atoms with E-state index < -0.39 is 0 Å². The van der Waals surface area contributed by atoms with Crippen molar-refractivity contribution < 1.29 is 0 Å². The first-order chi connectivity index (χ1) is 10.5. The van der Waals surface area contributed by atoms with Crippen molar-refractivity contribution in [2.24, 2.45) is 11.8 Å². The number of hydrogen-bond acceptors (Lipinski definition) is 3. The van der Waals surface area contributed by atoms with Crippen LogP contribution in [-0.2, 0) is 11.8 Å². The van der Waals surface area contributed by atoms with Crippen LogP contribution in [0.4, 0.5) is 5.69 Å². The second-order valence-corrected chi connectivity index (χ2v) is 7.84. The molecular formula is C19H25N3. The van der Waals surface area contributed by atoms with Crippen LogP contribution < -0.4 is 5.73 Å². The van der Waals surface area contributed by atoms with Gasteiger partial charge >= 0.3 is 0 Å². The molecule has 1 aromatic carbocycles. The summed E-state index contributed by atoms with van der Waals surface area (Å²) in [5.41, 5.74) is 10.5. The molecule has 116 valence electrons. The number of likely N-dealkylation sites (tertiary alicyclic amines) is 1. The molecule has 3 nitrogen and oxygen atoms in total. The summed E-state index contributed by atoms with van der Waals surface area (Å²) in [4.78, 5) is 2.74. The van der Waals surface area contributed by atoms with Crippen LogP contribution in [0.5, 0.6) is 0 Å². The minimum absolute atomic E-state index is 0.120. The second-order valence-electron chi connectivity index (χ2n) is 7.84. The van der Waals surface area contributed by atoms with Gasteiger partial charge in [-0.3, -0.25) is 4.90 Å². The molecule has 2 bridgehead atoms. The van der Waals surface area contributed by atoms with E-state index in [1.807, 2.05) is 6.07 Å². The summed E-state index contributed by atoms with van der Waals surface area (Å²) in [5, 5.41) is 9.30. The minimum Gasteiger partial charge on any atom is -0.397 e. The third kappa shape index (κ3) is 1.90. The molecule has 1 heterocycles. The smallest absolute Gasteiger partial charge is 0.101 e. The monoisotopic (exact) mass is 295 g/mol. The van der Waals surface area contributed by atoms with Crippen LogP contribution in [0.2, 0.25) is 0 Å². The highest BCUT2D eigenvalue weighted by molar-refractivity contribution is 5.65. The molecule has 4 rings (SSSR count). The molecule has 3 atom stereocenters. The Morgan fingerprint density at radius 2 is 2.18 bits per heavy atom. The van der Waals surface area contributed by atoms with Crippen LogP contribution in [0, 0.1) is 23.2 Å². The number of benzene rings is 1. The lowest BCUT2D eigenvalue weighted by Crippen LogP contribution is -2.58. The van der Waals surface area contributed by atoms with Crippen molar-refractivity contribution >= 4 is 5.69 Å². The zero-order valence-electron chi connectivity index (χ0n) is 13.6. The molecule has 2 N–H and O–H groups in total. The summed E-state index contributed by atoms with van der Waals surface area (Å²) >= 11 is 0. The van der Waals surface area contributed by atoms with Crippen molar-refractivity contribution in [2.45, 2.75) is 51.0 Å². The van der Waals surface area contributed by atoms with E-state index in [-0.39, 0.29) is 5.41 Å². The number of nitrogens with two attached hydrogens (primary N) is 1. The first-order valence-electron chi connectivity index (χ1n) is 8.60. The standard InChI is InChI=1S/C19H25N3/c1-12-16-9-14-5-6-15(10-20)18(21)17(14)19(12,2)7-8-22(16)11-13-3-4-13/h5-6,12-13,16H,3-4,7-9,11,21H2,1-2H3/t12?,16-,19-/m0/s1. The number of nitriles is 1. The fraction of sp³-hybridized carbons (Fsp3) is 0.632. The molecule has 1 aliphatic heterocycles. The van der Waals surface area contributed by atoms with Crippen molar-refractivity contribution in [3.63, 3.8) is 0 Å². The summed E-state index contributed by atoms with van der Waals surface area (Å²) < 4.78 is 0. The van der Waals surface area contributed by atoms with Gasteiger partial charge < -0.3 is 5.73 Å².